The molecule has 2 aromatic carbocycles. The Balaban J connectivity index is 2.34. The van der Waals surface area contributed by atoms with E-state index in [1.165, 1.54) is 12.1 Å². The van der Waals surface area contributed by atoms with Crippen molar-refractivity contribution in [2.75, 3.05) is 6.61 Å². The normalized spacial score (nSPS) is 10.3. The molecule has 0 saturated carbocycles. The number of aromatic hydroxyl groups is 1. The van der Waals surface area contributed by atoms with Crippen molar-refractivity contribution in [3.63, 3.8) is 0 Å². The van der Waals surface area contributed by atoms with Gasteiger partial charge in [-0.1, -0.05) is 23.2 Å². The standard InChI is InChI=1S/C15H12Cl2O3/c1-2-20-10-5-3-9(4-6-10)15(19)11-7-8-12(18)14(17)13(11)16/h3-8,18H,2H2,1H3. The Morgan fingerprint density at radius 1 is 1.10 bits per heavy atom. The van der Waals surface area contributed by atoms with Crippen molar-refractivity contribution >= 4 is 29.0 Å². The third-order valence-corrected chi connectivity index (χ3v) is 3.61. The minimum Gasteiger partial charge on any atom is -0.506 e. The number of benzene rings is 2. The highest BCUT2D eigenvalue weighted by Gasteiger charge is 2.17. The molecule has 1 N–H and O–H groups in total. The SMILES string of the molecule is CCOc1ccc(C(=O)c2ccc(O)c(Cl)c2Cl)cc1. The van der Waals surface area contributed by atoms with Crippen LogP contribution in [0.5, 0.6) is 11.5 Å². The van der Waals surface area contributed by atoms with Gasteiger partial charge in [-0.2, -0.15) is 0 Å². The Morgan fingerprint density at radius 2 is 1.75 bits per heavy atom. The molecular formula is C15H12Cl2O3. The Labute approximate surface area is 126 Å². The highest BCUT2D eigenvalue weighted by Crippen LogP contribution is 2.34. The van der Waals surface area contributed by atoms with Crippen LogP contribution in [0.3, 0.4) is 0 Å². The Bertz CT molecular complexity index is 636. The van der Waals surface area contributed by atoms with E-state index in [0.717, 1.165) is 0 Å². The van der Waals surface area contributed by atoms with Crippen molar-refractivity contribution in [2.45, 2.75) is 6.92 Å². The summed E-state index contributed by atoms with van der Waals surface area (Å²) < 4.78 is 5.31. The fraction of sp³-hybridized carbons (Fsp3) is 0.133. The maximum Gasteiger partial charge on any atom is 0.194 e. The molecule has 0 amide bonds. The summed E-state index contributed by atoms with van der Waals surface area (Å²) in [6.07, 6.45) is 0. The number of hydrogen-bond acceptors (Lipinski definition) is 3. The summed E-state index contributed by atoms with van der Waals surface area (Å²) in [5, 5.41) is 9.45. The molecule has 2 aromatic rings. The van der Waals surface area contributed by atoms with E-state index in [4.69, 9.17) is 27.9 Å². The lowest BCUT2D eigenvalue weighted by Gasteiger charge is -2.07. The number of hydrogen-bond donors (Lipinski definition) is 1. The van der Waals surface area contributed by atoms with E-state index in [1.54, 1.807) is 24.3 Å². The first kappa shape index (κ1) is 14.7. The third-order valence-electron chi connectivity index (χ3n) is 2.73. The van der Waals surface area contributed by atoms with Crippen LogP contribution in [0.15, 0.2) is 36.4 Å². The Hall–Kier alpha value is -1.71. The lowest BCUT2D eigenvalue weighted by Crippen LogP contribution is -2.02. The van der Waals surface area contributed by atoms with Crippen LogP contribution in [0.1, 0.15) is 22.8 Å². The summed E-state index contributed by atoms with van der Waals surface area (Å²) in [6, 6.07) is 9.53. The van der Waals surface area contributed by atoms with Gasteiger partial charge in [0.25, 0.3) is 0 Å². The first-order chi connectivity index (χ1) is 9.54. The van der Waals surface area contributed by atoms with Gasteiger partial charge < -0.3 is 9.84 Å². The highest BCUT2D eigenvalue weighted by molar-refractivity contribution is 6.45. The molecule has 20 heavy (non-hydrogen) atoms. The second-order valence-corrected chi connectivity index (χ2v) is 4.80. The first-order valence-electron chi connectivity index (χ1n) is 5.99. The molecule has 0 spiro atoms. The van der Waals surface area contributed by atoms with Crippen LogP contribution in [0.25, 0.3) is 0 Å². The Kier molecular flexibility index (Phi) is 4.53. The zero-order chi connectivity index (χ0) is 14.7. The molecule has 0 aliphatic rings. The molecule has 0 saturated heterocycles. The molecule has 0 aromatic heterocycles. The molecule has 0 fully saturated rings. The number of ether oxygens (including phenoxy) is 1. The van der Waals surface area contributed by atoms with E-state index in [9.17, 15) is 9.90 Å². The molecule has 0 radical (unpaired) electrons. The minimum atomic E-state index is -0.264. The second kappa shape index (κ2) is 6.16. The van der Waals surface area contributed by atoms with Gasteiger partial charge in [-0.05, 0) is 43.3 Å². The largest absolute Gasteiger partial charge is 0.506 e. The predicted octanol–water partition coefficient (Wildman–Crippen LogP) is 4.33. The van der Waals surface area contributed by atoms with Crippen molar-refractivity contribution in [3.8, 4) is 11.5 Å². The van der Waals surface area contributed by atoms with Gasteiger partial charge in [0.05, 0.1) is 11.6 Å². The summed E-state index contributed by atoms with van der Waals surface area (Å²) in [5.41, 5.74) is 0.718. The quantitative estimate of drug-likeness (QED) is 0.855. The molecular weight excluding hydrogens is 299 g/mol. The number of rotatable bonds is 4. The summed E-state index contributed by atoms with van der Waals surface area (Å²) in [7, 11) is 0. The zero-order valence-electron chi connectivity index (χ0n) is 10.7. The molecule has 0 aliphatic carbocycles. The van der Waals surface area contributed by atoms with Gasteiger partial charge in [0.2, 0.25) is 0 Å². The maximum atomic E-state index is 12.3. The third kappa shape index (κ3) is 2.89. The van der Waals surface area contributed by atoms with Crippen molar-refractivity contribution < 1.29 is 14.6 Å². The fourth-order valence-corrected chi connectivity index (χ4v) is 2.15. The average Bonchev–Trinajstić information content (AvgIpc) is 2.45. The molecule has 0 aliphatic heterocycles. The van der Waals surface area contributed by atoms with Crippen LogP contribution in [-0.4, -0.2) is 17.5 Å². The fourth-order valence-electron chi connectivity index (χ4n) is 1.74. The number of phenols is 1. The van der Waals surface area contributed by atoms with Crippen LogP contribution in [0.2, 0.25) is 10.0 Å². The number of ketones is 1. The molecule has 2 rings (SSSR count). The summed E-state index contributed by atoms with van der Waals surface area (Å²) in [5.74, 6) is 0.277. The van der Waals surface area contributed by atoms with E-state index in [0.29, 0.717) is 17.9 Å². The lowest BCUT2D eigenvalue weighted by atomic mass is 10.0. The molecule has 5 heteroatoms. The van der Waals surface area contributed by atoms with E-state index in [-0.39, 0.29) is 27.1 Å². The maximum absolute atomic E-state index is 12.3. The van der Waals surface area contributed by atoms with E-state index < -0.39 is 0 Å². The van der Waals surface area contributed by atoms with E-state index in [2.05, 4.69) is 0 Å². The highest BCUT2D eigenvalue weighted by atomic mass is 35.5. The van der Waals surface area contributed by atoms with Crippen LogP contribution < -0.4 is 4.74 Å². The van der Waals surface area contributed by atoms with Gasteiger partial charge in [0.15, 0.2) is 5.78 Å². The average molecular weight is 311 g/mol. The summed E-state index contributed by atoms with van der Waals surface area (Å²) in [6.45, 7) is 2.45. The molecule has 3 nitrogen and oxygen atoms in total. The van der Waals surface area contributed by atoms with E-state index >= 15 is 0 Å². The van der Waals surface area contributed by atoms with Gasteiger partial charge in [0.1, 0.15) is 16.5 Å². The van der Waals surface area contributed by atoms with E-state index in [1.807, 2.05) is 6.92 Å². The van der Waals surface area contributed by atoms with Crippen molar-refractivity contribution in [2.24, 2.45) is 0 Å². The Morgan fingerprint density at radius 3 is 2.35 bits per heavy atom. The van der Waals surface area contributed by atoms with Gasteiger partial charge in [-0.15, -0.1) is 0 Å². The van der Waals surface area contributed by atoms with Crippen molar-refractivity contribution in [1.82, 2.24) is 0 Å². The van der Waals surface area contributed by atoms with Crippen LogP contribution in [0.4, 0.5) is 0 Å². The summed E-state index contributed by atoms with van der Waals surface area (Å²) in [4.78, 5) is 12.3. The molecule has 0 heterocycles. The number of phenolic OH excluding ortho intramolecular Hbond substituents is 1. The summed E-state index contributed by atoms with van der Waals surface area (Å²) >= 11 is 11.8. The number of halogens is 2. The van der Waals surface area contributed by atoms with Gasteiger partial charge in [-0.3, -0.25) is 4.79 Å². The number of carbonyl (C=O) groups is 1. The second-order valence-electron chi connectivity index (χ2n) is 4.05. The number of carbonyl (C=O) groups excluding carboxylic acids is 1. The topological polar surface area (TPSA) is 46.5 Å². The van der Waals surface area contributed by atoms with Crippen LogP contribution >= 0.6 is 23.2 Å². The molecule has 0 unspecified atom stereocenters. The van der Waals surface area contributed by atoms with Gasteiger partial charge in [0, 0.05) is 11.1 Å². The van der Waals surface area contributed by atoms with Gasteiger partial charge in [-0.25, -0.2) is 0 Å². The molecule has 104 valence electrons. The zero-order valence-corrected chi connectivity index (χ0v) is 12.2. The smallest absolute Gasteiger partial charge is 0.194 e. The molecule has 0 atom stereocenters. The monoisotopic (exact) mass is 310 g/mol. The molecule has 0 bridgehead atoms. The van der Waals surface area contributed by atoms with Crippen molar-refractivity contribution in [1.29, 1.82) is 0 Å². The first-order valence-corrected chi connectivity index (χ1v) is 6.74. The van der Waals surface area contributed by atoms with Crippen LogP contribution in [0, 0.1) is 0 Å². The van der Waals surface area contributed by atoms with Gasteiger partial charge >= 0.3 is 0 Å². The van der Waals surface area contributed by atoms with Crippen LogP contribution in [-0.2, 0) is 0 Å². The predicted molar refractivity (Wildman–Crippen MR) is 79.2 cm³/mol. The van der Waals surface area contributed by atoms with Crippen molar-refractivity contribution in [3.05, 3.63) is 57.6 Å². The lowest BCUT2D eigenvalue weighted by molar-refractivity contribution is 0.103. The minimum absolute atomic E-state index is 0.0246.